The SMILES string of the molecule is CC.CC(C)CNc1cc(Nc2ccc3ncsc3c2)ncc1C(=O)NCC(F)C(C)(C)O. The van der Waals surface area contributed by atoms with Crippen molar-refractivity contribution in [2.45, 2.75) is 53.3 Å². The van der Waals surface area contributed by atoms with Crippen molar-refractivity contribution in [3.63, 3.8) is 0 Å². The smallest absolute Gasteiger partial charge is 0.255 e. The van der Waals surface area contributed by atoms with Gasteiger partial charge in [0.15, 0.2) is 0 Å². The van der Waals surface area contributed by atoms with E-state index in [0.29, 0.717) is 29.5 Å². The quantitative estimate of drug-likeness (QED) is 0.332. The van der Waals surface area contributed by atoms with E-state index in [1.165, 1.54) is 20.0 Å². The molecule has 3 rings (SSSR count). The fraction of sp³-hybridized carbons (Fsp3) is 0.458. The van der Waals surface area contributed by atoms with Gasteiger partial charge in [-0.05, 0) is 38.0 Å². The molecule has 1 amide bonds. The van der Waals surface area contributed by atoms with Crippen LogP contribution in [-0.2, 0) is 0 Å². The molecule has 0 saturated heterocycles. The molecule has 9 heteroatoms. The van der Waals surface area contributed by atoms with Crippen molar-refractivity contribution in [1.82, 2.24) is 15.3 Å². The van der Waals surface area contributed by atoms with Crippen molar-refractivity contribution >= 4 is 44.7 Å². The van der Waals surface area contributed by atoms with Gasteiger partial charge in [-0.2, -0.15) is 0 Å². The zero-order valence-corrected chi connectivity index (χ0v) is 20.9. The number of carbonyl (C=O) groups is 1. The highest BCUT2D eigenvalue weighted by molar-refractivity contribution is 7.16. The van der Waals surface area contributed by atoms with Crippen LogP contribution in [0.25, 0.3) is 10.2 Å². The second kappa shape index (κ2) is 11.9. The predicted molar refractivity (Wildman–Crippen MR) is 135 cm³/mol. The number of nitrogens with zero attached hydrogens (tertiary/aromatic N) is 2. The van der Waals surface area contributed by atoms with E-state index >= 15 is 0 Å². The number of hydrogen-bond donors (Lipinski definition) is 4. The van der Waals surface area contributed by atoms with Gasteiger partial charge in [-0.15, -0.1) is 11.3 Å². The van der Waals surface area contributed by atoms with Crippen LogP contribution in [-0.4, -0.2) is 45.8 Å². The number of hydrogen-bond acceptors (Lipinski definition) is 7. The number of aromatic nitrogens is 2. The van der Waals surface area contributed by atoms with Gasteiger partial charge in [0.25, 0.3) is 5.91 Å². The Kier molecular flexibility index (Phi) is 9.55. The van der Waals surface area contributed by atoms with Crippen LogP contribution in [0, 0.1) is 5.92 Å². The Labute approximate surface area is 198 Å². The third-order valence-corrected chi connectivity index (χ3v) is 5.45. The van der Waals surface area contributed by atoms with Crippen LogP contribution in [0.4, 0.5) is 21.6 Å². The average Bonchev–Trinajstić information content (AvgIpc) is 3.24. The summed E-state index contributed by atoms with van der Waals surface area (Å²) in [6.45, 7) is 11.2. The molecule has 0 saturated carbocycles. The molecule has 33 heavy (non-hydrogen) atoms. The van der Waals surface area contributed by atoms with Crippen molar-refractivity contribution in [3.8, 4) is 0 Å². The number of aliphatic hydroxyl groups is 1. The number of amides is 1. The molecule has 2 heterocycles. The van der Waals surface area contributed by atoms with Gasteiger partial charge in [0.05, 0.1) is 39.1 Å². The Hall–Kier alpha value is -2.78. The van der Waals surface area contributed by atoms with Crippen molar-refractivity contribution in [3.05, 3.63) is 41.5 Å². The number of rotatable bonds is 9. The molecule has 0 bridgehead atoms. The van der Waals surface area contributed by atoms with Gasteiger partial charge in [-0.25, -0.2) is 14.4 Å². The normalized spacial score (nSPS) is 12.2. The van der Waals surface area contributed by atoms with Crippen LogP contribution in [0.3, 0.4) is 0 Å². The van der Waals surface area contributed by atoms with Gasteiger partial charge in [-0.1, -0.05) is 27.7 Å². The number of thiazole rings is 1. The van der Waals surface area contributed by atoms with E-state index in [-0.39, 0.29) is 6.54 Å². The molecule has 1 unspecified atom stereocenters. The fourth-order valence-corrected chi connectivity index (χ4v) is 3.49. The molecule has 0 aliphatic carbocycles. The molecule has 180 valence electrons. The Morgan fingerprint density at radius 1 is 1.18 bits per heavy atom. The van der Waals surface area contributed by atoms with E-state index in [2.05, 4.69) is 39.8 Å². The third-order valence-electron chi connectivity index (χ3n) is 4.66. The lowest BCUT2D eigenvalue weighted by molar-refractivity contribution is -0.00177. The average molecular weight is 476 g/mol. The summed E-state index contributed by atoms with van der Waals surface area (Å²) >= 11 is 1.56. The Morgan fingerprint density at radius 3 is 2.58 bits per heavy atom. The van der Waals surface area contributed by atoms with Gasteiger partial charge >= 0.3 is 0 Å². The number of halogens is 1. The standard InChI is InChI=1S/C22H28FN5O2S.C2H6/c1-13(2)9-24-17-8-20(28-14-5-6-16-18(7-14)31-12-27-16)25-10-15(17)21(29)26-11-19(23)22(3,4)30;1-2/h5-8,10,12-13,19,30H,9,11H2,1-4H3,(H,26,29)(H2,24,25,28);1-2H3. The van der Waals surface area contributed by atoms with Crippen LogP contribution >= 0.6 is 11.3 Å². The van der Waals surface area contributed by atoms with Gasteiger partial charge in [0.1, 0.15) is 12.0 Å². The first kappa shape index (κ1) is 26.5. The highest BCUT2D eigenvalue weighted by Crippen LogP contribution is 2.26. The van der Waals surface area contributed by atoms with E-state index in [4.69, 9.17) is 0 Å². The molecular weight excluding hydrogens is 441 g/mol. The molecular formula is C24H34FN5O2S. The molecule has 0 radical (unpaired) electrons. The highest BCUT2D eigenvalue weighted by Gasteiger charge is 2.27. The number of alkyl halides is 1. The maximum absolute atomic E-state index is 14.0. The first-order valence-corrected chi connectivity index (χ1v) is 12.0. The summed E-state index contributed by atoms with van der Waals surface area (Å²) in [6.07, 6.45) is -0.123. The minimum atomic E-state index is -1.58. The minimum Gasteiger partial charge on any atom is -0.387 e. The van der Waals surface area contributed by atoms with Crippen LogP contribution in [0.2, 0.25) is 0 Å². The summed E-state index contributed by atoms with van der Waals surface area (Å²) in [5.74, 6) is 0.481. The Bertz CT molecular complexity index is 1050. The zero-order valence-electron chi connectivity index (χ0n) is 20.1. The summed E-state index contributed by atoms with van der Waals surface area (Å²) in [6, 6.07) is 7.61. The molecule has 2 aromatic heterocycles. The molecule has 0 spiro atoms. The lowest BCUT2D eigenvalue weighted by Crippen LogP contribution is -2.42. The van der Waals surface area contributed by atoms with Gasteiger partial charge < -0.3 is 21.1 Å². The molecule has 0 aliphatic heterocycles. The van der Waals surface area contributed by atoms with E-state index in [1.54, 1.807) is 22.9 Å². The van der Waals surface area contributed by atoms with Crippen molar-refractivity contribution in [1.29, 1.82) is 0 Å². The monoisotopic (exact) mass is 475 g/mol. The van der Waals surface area contributed by atoms with Crippen LogP contribution in [0.15, 0.2) is 36.0 Å². The number of nitrogens with one attached hydrogen (secondary N) is 3. The van der Waals surface area contributed by atoms with Crippen LogP contribution in [0.5, 0.6) is 0 Å². The zero-order chi connectivity index (χ0) is 24.6. The van der Waals surface area contributed by atoms with Crippen LogP contribution < -0.4 is 16.0 Å². The first-order valence-electron chi connectivity index (χ1n) is 11.1. The number of anilines is 3. The van der Waals surface area contributed by atoms with Crippen molar-refractivity contribution in [2.75, 3.05) is 23.7 Å². The largest absolute Gasteiger partial charge is 0.387 e. The molecule has 0 aliphatic rings. The molecule has 7 nitrogen and oxygen atoms in total. The molecule has 1 aromatic carbocycles. The molecule has 1 atom stereocenters. The third kappa shape index (κ3) is 7.64. The summed E-state index contributed by atoms with van der Waals surface area (Å²) in [4.78, 5) is 21.3. The van der Waals surface area contributed by atoms with Gasteiger partial charge in [0, 0.05) is 24.5 Å². The highest BCUT2D eigenvalue weighted by atomic mass is 32.1. The van der Waals surface area contributed by atoms with Gasteiger partial charge in [-0.3, -0.25) is 4.79 Å². The number of fused-ring (bicyclic) bond motifs is 1. The lowest BCUT2D eigenvalue weighted by Gasteiger charge is -2.22. The number of carbonyl (C=O) groups excluding carboxylic acids is 1. The number of benzene rings is 1. The Balaban J connectivity index is 0.00000187. The predicted octanol–water partition coefficient (Wildman–Crippen LogP) is 5.37. The van der Waals surface area contributed by atoms with E-state index in [9.17, 15) is 14.3 Å². The maximum atomic E-state index is 14.0. The van der Waals surface area contributed by atoms with Gasteiger partial charge in [0.2, 0.25) is 0 Å². The summed E-state index contributed by atoms with van der Waals surface area (Å²) in [7, 11) is 0. The number of pyridine rings is 1. The lowest BCUT2D eigenvalue weighted by atomic mass is 10.0. The second-order valence-corrected chi connectivity index (χ2v) is 9.27. The minimum absolute atomic E-state index is 0.291. The summed E-state index contributed by atoms with van der Waals surface area (Å²) < 4.78 is 15.1. The van der Waals surface area contributed by atoms with E-state index in [0.717, 1.165) is 15.9 Å². The maximum Gasteiger partial charge on any atom is 0.255 e. The Morgan fingerprint density at radius 2 is 1.91 bits per heavy atom. The molecule has 0 fully saturated rings. The van der Waals surface area contributed by atoms with Crippen molar-refractivity contribution < 1.29 is 14.3 Å². The van der Waals surface area contributed by atoms with Crippen molar-refractivity contribution in [2.24, 2.45) is 5.92 Å². The fourth-order valence-electron chi connectivity index (χ4n) is 2.77. The molecule has 3 aromatic rings. The van der Waals surface area contributed by atoms with E-state index < -0.39 is 17.7 Å². The van der Waals surface area contributed by atoms with E-state index in [1.807, 2.05) is 32.0 Å². The summed E-state index contributed by atoms with van der Waals surface area (Å²) in [5, 5.41) is 18.8. The molecule has 4 N–H and O–H groups in total. The summed E-state index contributed by atoms with van der Waals surface area (Å²) in [5.41, 5.74) is 2.98. The second-order valence-electron chi connectivity index (χ2n) is 8.38. The van der Waals surface area contributed by atoms with Crippen LogP contribution in [0.1, 0.15) is 51.9 Å². The topological polar surface area (TPSA) is 99.2 Å². The first-order chi connectivity index (χ1) is 15.6.